The number of β-amino-alcohol motifs (C(OH)–C–C–N with tert-alkyl or cyclic N) is 1. The van der Waals surface area contributed by atoms with Gasteiger partial charge in [0.25, 0.3) is 5.91 Å². The quantitative estimate of drug-likeness (QED) is 0.696. The number of aliphatic hydroxyl groups excluding tert-OH is 1. The fourth-order valence-electron chi connectivity index (χ4n) is 3.92. The fraction of sp³-hybridized carbons (Fsp3) is 0.600. The molecule has 1 heterocycles. The molecule has 2 aliphatic rings. The molecular weight excluding hydrogens is 368 g/mol. The van der Waals surface area contributed by atoms with E-state index in [9.17, 15) is 14.7 Å². The minimum absolute atomic E-state index is 0.0462. The first-order chi connectivity index (χ1) is 12.9. The van der Waals surface area contributed by atoms with Crippen LogP contribution in [0.5, 0.6) is 0 Å². The van der Waals surface area contributed by atoms with E-state index >= 15 is 0 Å². The number of imide groups is 1. The van der Waals surface area contributed by atoms with Crippen molar-refractivity contribution in [3.8, 4) is 0 Å². The van der Waals surface area contributed by atoms with Crippen molar-refractivity contribution in [2.75, 3.05) is 13.2 Å². The van der Waals surface area contributed by atoms with Gasteiger partial charge in [-0.05, 0) is 49.3 Å². The molecule has 1 atom stereocenters. The summed E-state index contributed by atoms with van der Waals surface area (Å²) in [6.07, 6.45) is 3.43. The van der Waals surface area contributed by atoms with Crippen molar-refractivity contribution in [3.63, 3.8) is 0 Å². The predicted molar refractivity (Wildman–Crippen MR) is 102 cm³/mol. The number of rotatable bonds is 7. The highest BCUT2D eigenvalue weighted by Crippen LogP contribution is 2.37. The van der Waals surface area contributed by atoms with Gasteiger partial charge in [0.05, 0.1) is 25.9 Å². The van der Waals surface area contributed by atoms with Gasteiger partial charge in [0.1, 0.15) is 5.54 Å². The number of nitrogens with zero attached hydrogens (tertiary/aromatic N) is 1. The van der Waals surface area contributed by atoms with Gasteiger partial charge in [0.15, 0.2) is 0 Å². The molecule has 1 unspecified atom stereocenters. The molecule has 148 valence electrons. The van der Waals surface area contributed by atoms with E-state index in [-0.39, 0.29) is 19.1 Å². The molecule has 7 heteroatoms. The van der Waals surface area contributed by atoms with E-state index in [1.54, 1.807) is 12.1 Å². The van der Waals surface area contributed by atoms with Gasteiger partial charge in [-0.25, -0.2) is 4.79 Å². The highest BCUT2D eigenvalue weighted by molar-refractivity contribution is 6.30. The van der Waals surface area contributed by atoms with Crippen LogP contribution < -0.4 is 5.32 Å². The highest BCUT2D eigenvalue weighted by atomic mass is 35.5. The van der Waals surface area contributed by atoms with E-state index in [1.807, 2.05) is 12.1 Å². The van der Waals surface area contributed by atoms with Crippen LogP contribution in [0.3, 0.4) is 0 Å². The summed E-state index contributed by atoms with van der Waals surface area (Å²) < 4.78 is 5.50. The number of amides is 3. The number of hydrogen-bond acceptors (Lipinski definition) is 4. The SMILES string of the molecule is CCC1CCC2(CC1)NC(=O)N(CC(O)COCc1ccc(Cl)cc1)C2=O. The average Bonchev–Trinajstić information content (AvgIpc) is 2.88. The Morgan fingerprint density at radius 1 is 1.30 bits per heavy atom. The van der Waals surface area contributed by atoms with Crippen LogP contribution in [0.2, 0.25) is 5.02 Å². The Morgan fingerprint density at radius 2 is 1.96 bits per heavy atom. The van der Waals surface area contributed by atoms with Crippen molar-refractivity contribution in [2.45, 2.75) is 57.3 Å². The normalized spacial score (nSPS) is 26.5. The molecule has 3 rings (SSSR count). The Hall–Kier alpha value is -1.63. The molecule has 2 N–H and O–H groups in total. The lowest BCUT2D eigenvalue weighted by molar-refractivity contribution is -0.134. The van der Waals surface area contributed by atoms with Crippen molar-refractivity contribution in [2.24, 2.45) is 5.92 Å². The molecule has 0 radical (unpaired) electrons. The topological polar surface area (TPSA) is 78.9 Å². The molecule has 1 saturated heterocycles. The molecule has 1 aromatic rings. The van der Waals surface area contributed by atoms with Gasteiger partial charge >= 0.3 is 6.03 Å². The second-order valence-corrected chi connectivity index (χ2v) is 8.01. The van der Waals surface area contributed by atoms with Crippen LogP contribution in [0.15, 0.2) is 24.3 Å². The van der Waals surface area contributed by atoms with Gasteiger partial charge in [-0.15, -0.1) is 0 Å². The second kappa shape index (κ2) is 8.59. The van der Waals surface area contributed by atoms with Crippen molar-refractivity contribution >= 4 is 23.5 Å². The predicted octanol–water partition coefficient (Wildman–Crippen LogP) is 3.11. The third-order valence-electron chi connectivity index (χ3n) is 5.67. The Bertz CT molecular complexity index is 671. The van der Waals surface area contributed by atoms with E-state index < -0.39 is 17.7 Å². The summed E-state index contributed by atoms with van der Waals surface area (Å²) in [4.78, 5) is 26.3. The minimum Gasteiger partial charge on any atom is -0.389 e. The number of nitrogens with one attached hydrogen (secondary N) is 1. The van der Waals surface area contributed by atoms with Gasteiger partial charge in [-0.3, -0.25) is 9.69 Å². The maximum atomic E-state index is 12.8. The summed E-state index contributed by atoms with van der Waals surface area (Å²) in [6, 6.07) is 6.84. The van der Waals surface area contributed by atoms with Gasteiger partial charge in [0, 0.05) is 5.02 Å². The van der Waals surface area contributed by atoms with Crippen LogP contribution in [0.25, 0.3) is 0 Å². The largest absolute Gasteiger partial charge is 0.389 e. The van der Waals surface area contributed by atoms with E-state index in [4.69, 9.17) is 16.3 Å². The summed E-state index contributed by atoms with van der Waals surface area (Å²) >= 11 is 5.84. The van der Waals surface area contributed by atoms with Crippen LogP contribution >= 0.6 is 11.6 Å². The van der Waals surface area contributed by atoms with Crippen LogP contribution in [-0.4, -0.2) is 46.7 Å². The Morgan fingerprint density at radius 3 is 2.59 bits per heavy atom. The molecule has 27 heavy (non-hydrogen) atoms. The fourth-order valence-corrected chi connectivity index (χ4v) is 4.04. The first-order valence-electron chi connectivity index (χ1n) is 9.58. The molecule has 3 amide bonds. The van der Waals surface area contributed by atoms with Crippen molar-refractivity contribution in [1.29, 1.82) is 0 Å². The summed E-state index contributed by atoms with van der Waals surface area (Å²) in [6.45, 7) is 2.48. The standard InChI is InChI=1S/C20H27ClN2O4/c1-2-14-7-9-20(10-8-14)18(25)23(19(26)22-20)11-17(24)13-27-12-15-3-5-16(21)6-4-15/h3-6,14,17,24H,2,7-13H2,1H3,(H,22,26). The number of ether oxygens (including phenoxy) is 1. The molecule has 1 saturated carbocycles. The van der Waals surface area contributed by atoms with Crippen LogP contribution in [0.4, 0.5) is 4.79 Å². The second-order valence-electron chi connectivity index (χ2n) is 7.58. The summed E-state index contributed by atoms with van der Waals surface area (Å²) in [5.74, 6) is 0.417. The summed E-state index contributed by atoms with van der Waals surface area (Å²) in [7, 11) is 0. The zero-order chi connectivity index (χ0) is 19.4. The molecule has 1 aliphatic heterocycles. The lowest BCUT2D eigenvalue weighted by atomic mass is 9.75. The zero-order valence-corrected chi connectivity index (χ0v) is 16.4. The van der Waals surface area contributed by atoms with Gasteiger partial charge < -0.3 is 15.2 Å². The first-order valence-corrected chi connectivity index (χ1v) is 9.95. The zero-order valence-electron chi connectivity index (χ0n) is 15.6. The monoisotopic (exact) mass is 394 g/mol. The Kier molecular flexibility index (Phi) is 6.40. The number of benzene rings is 1. The molecule has 2 fully saturated rings. The van der Waals surface area contributed by atoms with Crippen LogP contribution in [0, 0.1) is 5.92 Å². The number of hydrogen-bond donors (Lipinski definition) is 2. The lowest BCUT2D eigenvalue weighted by Gasteiger charge is -2.34. The summed E-state index contributed by atoms with van der Waals surface area (Å²) in [5.41, 5.74) is 0.167. The van der Waals surface area contributed by atoms with E-state index in [0.717, 1.165) is 29.7 Å². The molecule has 0 bridgehead atoms. The first kappa shape index (κ1) is 20.1. The van der Waals surface area contributed by atoms with Crippen molar-refractivity contribution < 1.29 is 19.4 Å². The highest BCUT2D eigenvalue weighted by Gasteiger charge is 2.52. The minimum atomic E-state index is -0.922. The maximum absolute atomic E-state index is 12.8. The van der Waals surface area contributed by atoms with Crippen LogP contribution in [-0.2, 0) is 16.1 Å². The maximum Gasteiger partial charge on any atom is 0.325 e. The van der Waals surface area contributed by atoms with E-state index in [0.29, 0.717) is 30.4 Å². The molecule has 1 aliphatic carbocycles. The third-order valence-corrected chi connectivity index (χ3v) is 5.92. The average molecular weight is 395 g/mol. The molecule has 0 aromatic heterocycles. The van der Waals surface area contributed by atoms with Gasteiger partial charge in [-0.2, -0.15) is 0 Å². The van der Waals surface area contributed by atoms with Crippen molar-refractivity contribution in [1.82, 2.24) is 10.2 Å². The van der Waals surface area contributed by atoms with E-state index in [2.05, 4.69) is 12.2 Å². The number of carbonyl (C=O) groups is 2. The number of halogens is 1. The molecule has 1 aromatic carbocycles. The number of carbonyl (C=O) groups excluding carboxylic acids is 2. The van der Waals surface area contributed by atoms with Crippen molar-refractivity contribution in [3.05, 3.63) is 34.9 Å². The number of urea groups is 1. The van der Waals surface area contributed by atoms with Gasteiger partial charge in [0.2, 0.25) is 0 Å². The molecule has 6 nitrogen and oxygen atoms in total. The van der Waals surface area contributed by atoms with Gasteiger partial charge in [-0.1, -0.05) is 37.1 Å². The third kappa shape index (κ3) is 4.62. The van der Waals surface area contributed by atoms with E-state index in [1.165, 1.54) is 0 Å². The number of aliphatic hydroxyl groups is 1. The molecular formula is C20H27ClN2O4. The van der Waals surface area contributed by atoms with Crippen LogP contribution in [0.1, 0.15) is 44.6 Å². The molecule has 1 spiro atoms. The lowest BCUT2D eigenvalue weighted by Crippen LogP contribution is -2.50. The Labute approximate surface area is 164 Å². The summed E-state index contributed by atoms with van der Waals surface area (Å²) in [5, 5.41) is 13.7. The Balaban J connectivity index is 1.49. The smallest absolute Gasteiger partial charge is 0.325 e.